The molecule has 3 rings (SSSR count). The van der Waals surface area contributed by atoms with Crippen LogP contribution >= 0.6 is 0 Å². The Morgan fingerprint density at radius 1 is 1.16 bits per heavy atom. The summed E-state index contributed by atoms with van der Waals surface area (Å²) in [7, 11) is 1.38. The van der Waals surface area contributed by atoms with Crippen molar-refractivity contribution in [1.82, 2.24) is 9.80 Å². The van der Waals surface area contributed by atoms with Gasteiger partial charge >= 0.3 is 5.97 Å². The summed E-state index contributed by atoms with van der Waals surface area (Å²) in [6.07, 6.45) is 4.67. The summed E-state index contributed by atoms with van der Waals surface area (Å²) in [6, 6.07) is 0.507. The highest BCUT2D eigenvalue weighted by molar-refractivity contribution is 6.03. The van der Waals surface area contributed by atoms with E-state index in [4.69, 9.17) is 4.74 Å². The third-order valence-electron chi connectivity index (χ3n) is 5.07. The zero-order valence-corrected chi connectivity index (χ0v) is 11.6. The van der Waals surface area contributed by atoms with Crippen LogP contribution in [0.5, 0.6) is 0 Å². The molecule has 2 saturated heterocycles. The lowest BCUT2D eigenvalue weighted by Gasteiger charge is -2.44. The molecule has 3 fully saturated rings. The van der Waals surface area contributed by atoms with E-state index in [0.29, 0.717) is 18.9 Å². The summed E-state index contributed by atoms with van der Waals surface area (Å²) < 4.78 is 4.86. The predicted octanol–water partition coefficient (Wildman–Crippen LogP) is 0.636. The molecule has 1 unspecified atom stereocenters. The molecule has 0 N–H and O–H groups in total. The quantitative estimate of drug-likeness (QED) is 0.543. The second-order valence-electron chi connectivity index (χ2n) is 6.01. The van der Waals surface area contributed by atoms with Crippen molar-refractivity contribution in [3.05, 3.63) is 0 Å². The number of rotatable bonds is 2. The summed E-state index contributed by atoms with van der Waals surface area (Å²) in [5, 5.41) is 0. The van der Waals surface area contributed by atoms with Gasteiger partial charge in [-0.05, 0) is 32.2 Å². The largest absolute Gasteiger partial charge is 0.468 e. The molecule has 3 aliphatic rings. The van der Waals surface area contributed by atoms with Gasteiger partial charge in [0.25, 0.3) is 0 Å². The molecule has 0 aromatic heterocycles. The van der Waals surface area contributed by atoms with Crippen molar-refractivity contribution in [2.75, 3.05) is 33.3 Å². The fraction of sp³-hybridized carbons (Fsp3) is 0.857. The van der Waals surface area contributed by atoms with Gasteiger partial charge in [-0.3, -0.25) is 14.5 Å². The number of nitrogens with zero attached hydrogens (tertiary/aromatic N) is 2. The van der Waals surface area contributed by atoms with E-state index in [1.807, 2.05) is 4.90 Å². The number of hydrogen-bond donors (Lipinski definition) is 0. The van der Waals surface area contributed by atoms with Gasteiger partial charge in [0.1, 0.15) is 5.41 Å². The van der Waals surface area contributed by atoms with Gasteiger partial charge in [-0.1, -0.05) is 6.42 Å². The van der Waals surface area contributed by atoms with Crippen LogP contribution in [-0.4, -0.2) is 61.0 Å². The van der Waals surface area contributed by atoms with Gasteiger partial charge in [0, 0.05) is 25.7 Å². The molecular formula is C14H22N2O3. The standard InChI is InChI=1S/C14H22N2O3/c1-19-13(18)14(5-3-6-14)12(17)16-9-8-15-7-2-4-11(15)10-16/h11H,2-10H2,1H3. The van der Waals surface area contributed by atoms with Gasteiger partial charge in [0.2, 0.25) is 5.91 Å². The third kappa shape index (κ3) is 1.95. The number of carbonyl (C=O) groups is 2. The molecule has 5 heteroatoms. The van der Waals surface area contributed by atoms with Gasteiger partial charge < -0.3 is 9.64 Å². The fourth-order valence-electron chi connectivity index (χ4n) is 3.71. The molecular weight excluding hydrogens is 244 g/mol. The van der Waals surface area contributed by atoms with Crippen molar-refractivity contribution in [2.45, 2.75) is 38.1 Å². The summed E-state index contributed by atoms with van der Waals surface area (Å²) in [5.74, 6) is -0.324. The topological polar surface area (TPSA) is 49.9 Å². The van der Waals surface area contributed by atoms with Gasteiger partial charge in [-0.25, -0.2) is 0 Å². The van der Waals surface area contributed by atoms with Gasteiger partial charge in [0.15, 0.2) is 0 Å². The van der Waals surface area contributed by atoms with Crippen molar-refractivity contribution in [1.29, 1.82) is 0 Å². The van der Waals surface area contributed by atoms with Crippen LogP contribution in [0.15, 0.2) is 0 Å². The highest BCUT2D eigenvalue weighted by Gasteiger charge is 2.54. The number of esters is 1. The van der Waals surface area contributed by atoms with E-state index in [-0.39, 0.29) is 11.9 Å². The fourth-order valence-corrected chi connectivity index (χ4v) is 3.71. The number of methoxy groups -OCH3 is 1. The van der Waals surface area contributed by atoms with E-state index in [2.05, 4.69) is 4.90 Å². The Balaban J connectivity index is 1.71. The van der Waals surface area contributed by atoms with Crippen LogP contribution in [0.25, 0.3) is 0 Å². The van der Waals surface area contributed by atoms with E-state index < -0.39 is 5.41 Å². The average Bonchev–Trinajstić information content (AvgIpc) is 2.84. The van der Waals surface area contributed by atoms with Gasteiger partial charge in [-0.15, -0.1) is 0 Å². The molecule has 1 aliphatic carbocycles. The Labute approximate surface area is 113 Å². The first-order valence-electron chi connectivity index (χ1n) is 7.29. The lowest BCUT2D eigenvalue weighted by molar-refractivity contribution is -0.171. The first-order chi connectivity index (χ1) is 9.17. The zero-order valence-electron chi connectivity index (χ0n) is 11.6. The second kappa shape index (κ2) is 4.78. The van der Waals surface area contributed by atoms with E-state index in [9.17, 15) is 9.59 Å². The van der Waals surface area contributed by atoms with Crippen molar-refractivity contribution in [3.63, 3.8) is 0 Å². The Hall–Kier alpha value is -1.10. The number of carbonyl (C=O) groups excluding carboxylic acids is 2. The van der Waals surface area contributed by atoms with Crippen LogP contribution in [0, 0.1) is 5.41 Å². The third-order valence-corrected chi connectivity index (χ3v) is 5.07. The highest BCUT2D eigenvalue weighted by atomic mass is 16.5. The Morgan fingerprint density at radius 3 is 2.58 bits per heavy atom. The Kier molecular flexibility index (Phi) is 3.25. The van der Waals surface area contributed by atoms with Crippen LogP contribution in [0.4, 0.5) is 0 Å². The number of hydrogen-bond acceptors (Lipinski definition) is 4. The van der Waals surface area contributed by atoms with Gasteiger partial charge in [0.05, 0.1) is 7.11 Å². The molecule has 2 heterocycles. The molecule has 19 heavy (non-hydrogen) atoms. The van der Waals surface area contributed by atoms with E-state index in [1.165, 1.54) is 20.0 Å². The number of amides is 1. The molecule has 0 bridgehead atoms. The maximum atomic E-state index is 12.7. The average molecular weight is 266 g/mol. The molecule has 0 spiro atoms. The molecule has 0 aromatic rings. The zero-order chi connectivity index (χ0) is 13.5. The van der Waals surface area contributed by atoms with Crippen molar-refractivity contribution >= 4 is 11.9 Å². The molecule has 1 amide bonds. The van der Waals surface area contributed by atoms with Crippen LogP contribution in [0.1, 0.15) is 32.1 Å². The Bertz CT molecular complexity index is 392. The number of fused-ring (bicyclic) bond motifs is 1. The van der Waals surface area contributed by atoms with Crippen LogP contribution < -0.4 is 0 Å². The van der Waals surface area contributed by atoms with E-state index >= 15 is 0 Å². The highest BCUT2D eigenvalue weighted by Crippen LogP contribution is 2.44. The SMILES string of the molecule is COC(=O)C1(C(=O)N2CCN3CCCC3C2)CCC1. The van der Waals surface area contributed by atoms with Crippen molar-refractivity contribution in [2.24, 2.45) is 5.41 Å². The summed E-state index contributed by atoms with van der Waals surface area (Å²) in [4.78, 5) is 29.0. The minimum Gasteiger partial charge on any atom is -0.468 e. The lowest BCUT2D eigenvalue weighted by atomic mass is 9.67. The van der Waals surface area contributed by atoms with Crippen molar-refractivity contribution in [3.8, 4) is 0 Å². The molecule has 2 aliphatic heterocycles. The molecule has 5 nitrogen and oxygen atoms in total. The van der Waals surface area contributed by atoms with Crippen molar-refractivity contribution < 1.29 is 14.3 Å². The van der Waals surface area contributed by atoms with Crippen LogP contribution in [-0.2, 0) is 14.3 Å². The van der Waals surface area contributed by atoms with E-state index in [0.717, 1.165) is 32.6 Å². The molecule has 0 radical (unpaired) electrons. The maximum absolute atomic E-state index is 12.7. The van der Waals surface area contributed by atoms with Crippen LogP contribution in [0.3, 0.4) is 0 Å². The predicted molar refractivity (Wildman–Crippen MR) is 69.5 cm³/mol. The molecule has 0 aromatic carbocycles. The maximum Gasteiger partial charge on any atom is 0.321 e. The Morgan fingerprint density at radius 2 is 1.95 bits per heavy atom. The van der Waals surface area contributed by atoms with Gasteiger partial charge in [-0.2, -0.15) is 0 Å². The smallest absolute Gasteiger partial charge is 0.321 e. The second-order valence-corrected chi connectivity index (χ2v) is 6.01. The summed E-state index contributed by atoms with van der Waals surface area (Å²) >= 11 is 0. The molecule has 1 atom stereocenters. The number of piperazine rings is 1. The monoisotopic (exact) mass is 266 g/mol. The first-order valence-corrected chi connectivity index (χ1v) is 7.29. The minimum absolute atomic E-state index is 0.0113. The van der Waals surface area contributed by atoms with Crippen LogP contribution in [0.2, 0.25) is 0 Å². The summed E-state index contributed by atoms with van der Waals surface area (Å²) in [5.41, 5.74) is -0.852. The minimum atomic E-state index is -0.852. The van der Waals surface area contributed by atoms with E-state index in [1.54, 1.807) is 0 Å². The number of ether oxygens (including phenoxy) is 1. The molecule has 106 valence electrons. The normalized spacial score (nSPS) is 29.5. The summed E-state index contributed by atoms with van der Waals surface area (Å²) in [6.45, 7) is 3.66. The molecule has 1 saturated carbocycles. The lowest BCUT2D eigenvalue weighted by Crippen LogP contribution is -2.59. The first kappa shape index (κ1) is 12.9.